The van der Waals surface area contributed by atoms with Gasteiger partial charge in [0.05, 0.1) is 4.20 Å². The minimum Gasteiger partial charge on any atom is -0.713 e. The van der Waals surface area contributed by atoms with Crippen molar-refractivity contribution >= 4 is 67.9 Å². The summed E-state index contributed by atoms with van der Waals surface area (Å²) in [5.41, 5.74) is 1.70. The predicted molar refractivity (Wildman–Crippen MR) is 102 cm³/mol. The van der Waals surface area contributed by atoms with Crippen LogP contribution in [0.2, 0.25) is 0 Å². The molecule has 2 rings (SSSR count). The Hall–Kier alpha value is -0.366. The summed E-state index contributed by atoms with van der Waals surface area (Å²) < 4.78 is 1.10. The van der Waals surface area contributed by atoms with Crippen LogP contribution in [0.1, 0.15) is 11.1 Å². The fraction of sp³-hybridized carbons (Fsp3) is 0. The standard InChI is InChI=1S/C7H6OS3.C7H6OS2.Ni/c8-6-3-1-5(2-4-6)7(9)11-10;8-6-3-1-5(2-4-6)7(9)10;/h1-4,8,10H;1-4,8H,(H,9,10);/q;;+2/p-2. The minimum absolute atomic E-state index is 0. The van der Waals surface area contributed by atoms with Crippen LogP contribution in [0.3, 0.4) is 0 Å². The first-order chi connectivity index (χ1) is 9.93. The van der Waals surface area contributed by atoms with E-state index in [-0.39, 0.29) is 28.0 Å². The van der Waals surface area contributed by atoms with Crippen LogP contribution < -0.4 is 0 Å². The Labute approximate surface area is 164 Å². The van der Waals surface area contributed by atoms with E-state index in [1.165, 1.54) is 0 Å². The van der Waals surface area contributed by atoms with Crippen LogP contribution in [0, 0.1) is 0 Å². The van der Waals surface area contributed by atoms with Gasteiger partial charge in [0.1, 0.15) is 11.5 Å². The summed E-state index contributed by atoms with van der Waals surface area (Å²) in [7, 11) is 1.12. The summed E-state index contributed by atoms with van der Waals surface area (Å²) in [4.78, 5) is 0. The van der Waals surface area contributed by atoms with Crippen molar-refractivity contribution in [1.82, 2.24) is 0 Å². The van der Waals surface area contributed by atoms with Crippen molar-refractivity contribution in [3.05, 3.63) is 59.7 Å². The molecule has 0 aliphatic rings. The molecular weight excluding hydrogens is 419 g/mol. The smallest absolute Gasteiger partial charge is 0.713 e. The molecule has 0 atom stereocenters. The molecule has 0 saturated heterocycles. The van der Waals surface area contributed by atoms with Gasteiger partial charge in [0, 0.05) is 0 Å². The summed E-state index contributed by atoms with van der Waals surface area (Å²) in [6.45, 7) is 0. The molecule has 0 bridgehead atoms. The third kappa shape index (κ3) is 7.76. The maximum absolute atomic E-state index is 8.94. The van der Waals surface area contributed by atoms with Gasteiger partial charge in [-0.1, -0.05) is 24.4 Å². The summed E-state index contributed by atoms with van der Waals surface area (Å²) in [6.07, 6.45) is 0. The van der Waals surface area contributed by atoms with Crippen LogP contribution in [0.25, 0.3) is 0 Å². The Morgan fingerprint density at radius 2 is 1.18 bits per heavy atom. The van der Waals surface area contributed by atoms with Gasteiger partial charge in [-0.05, 0) is 47.5 Å². The first-order valence-electron chi connectivity index (χ1n) is 5.57. The van der Waals surface area contributed by atoms with Crippen molar-refractivity contribution in [3.63, 3.8) is 0 Å². The Bertz CT molecular complexity index is 614. The Morgan fingerprint density at radius 3 is 1.50 bits per heavy atom. The SMILES string of the molecule is Oc1ccc(C(=S)S[S-])cc1.Oc1ccc(C(=S)[S-])cc1.[Ni+2]. The molecule has 22 heavy (non-hydrogen) atoms. The van der Waals surface area contributed by atoms with E-state index < -0.39 is 0 Å². The average Bonchev–Trinajstić information content (AvgIpc) is 2.48. The number of hydrogen-bond acceptors (Lipinski definition) is 7. The summed E-state index contributed by atoms with van der Waals surface area (Å²) in [6, 6.07) is 13.2. The van der Waals surface area contributed by atoms with E-state index >= 15 is 0 Å². The molecule has 0 spiro atoms. The van der Waals surface area contributed by atoms with E-state index in [0.29, 0.717) is 8.39 Å². The van der Waals surface area contributed by atoms with Crippen molar-refractivity contribution in [2.75, 3.05) is 0 Å². The first kappa shape index (κ1) is 21.6. The van der Waals surface area contributed by atoms with Crippen molar-refractivity contribution < 1.29 is 26.7 Å². The molecule has 2 aromatic rings. The average molecular weight is 429 g/mol. The molecule has 8 heteroatoms. The number of thiocarbonyl (C=S) groups is 2. The van der Waals surface area contributed by atoms with E-state index in [1.807, 2.05) is 0 Å². The van der Waals surface area contributed by atoms with Crippen molar-refractivity contribution in [2.24, 2.45) is 0 Å². The predicted octanol–water partition coefficient (Wildman–Crippen LogP) is 3.87. The van der Waals surface area contributed by atoms with Crippen LogP contribution in [-0.4, -0.2) is 18.6 Å². The molecule has 0 aliphatic carbocycles. The van der Waals surface area contributed by atoms with Crippen molar-refractivity contribution in [1.29, 1.82) is 0 Å². The zero-order chi connectivity index (χ0) is 15.8. The van der Waals surface area contributed by atoms with E-state index in [4.69, 9.17) is 58.9 Å². The van der Waals surface area contributed by atoms with Gasteiger partial charge < -0.3 is 46.7 Å². The summed E-state index contributed by atoms with van der Waals surface area (Å²) in [5, 5.41) is 17.8. The third-order valence-electron chi connectivity index (χ3n) is 2.28. The van der Waals surface area contributed by atoms with Gasteiger partial charge in [-0.25, -0.2) is 0 Å². The van der Waals surface area contributed by atoms with E-state index in [1.54, 1.807) is 48.5 Å². The molecular formula is C14H10NiO2S5. The summed E-state index contributed by atoms with van der Waals surface area (Å²) in [5.74, 6) is 0.473. The molecule has 0 fully saturated rings. The Kier molecular flexibility index (Phi) is 11.0. The van der Waals surface area contributed by atoms with Gasteiger partial charge in [-0.15, -0.1) is 4.20 Å². The summed E-state index contributed by atoms with van der Waals surface area (Å²) >= 11 is 19.1. The molecule has 2 nitrogen and oxygen atoms in total. The number of hydrogen-bond donors (Lipinski definition) is 2. The van der Waals surface area contributed by atoms with Gasteiger partial charge >= 0.3 is 16.5 Å². The maximum atomic E-state index is 8.94. The second-order valence-electron chi connectivity index (χ2n) is 3.75. The van der Waals surface area contributed by atoms with Gasteiger partial charge in [-0.3, -0.25) is 10.8 Å². The number of aromatic hydroxyl groups is 2. The second kappa shape index (κ2) is 11.2. The van der Waals surface area contributed by atoms with E-state index in [9.17, 15) is 0 Å². The van der Waals surface area contributed by atoms with E-state index in [2.05, 4.69) is 0 Å². The molecule has 2 aromatic carbocycles. The van der Waals surface area contributed by atoms with Crippen molar-refractivity contribution in [3.8, 4) is 11.5 Å². The second-order valence-corrected chi connectivity index (χ2v) is 6.57. The van der Waals surface area contributed by atoms with Crippen LogP contribution >= 0.6 is 35.2 Å². The zero-order valence-electron chi connectivity index (χ0n) is 10.9. The van der Waals surface area contributed by atoms with Crippen LogP contribution in [0.4, 0.5) is 0 Å². The van der Waals surface area contributed by atoms with Crippen LogP contribution in [0.15, 0.2) is 48.5 Å². The molecule has 0 aliphatic heterocycles. The molecule has 0 amide bonds. The molecule has 2 N–H and O–H groups in total. The Morgan fingerprint density at radius 1 is 0.818 bits per heavy atom. The molecule has 0 heterocycles. The van der Waals surface area contributed by atoms with E-state index in [0.717, 1.165) is 21.9 Å². The first-order valence-corrected chi connectivity index (χ1v) is 8.54. The van der Waals surface area contributed by atoms with Crippen LogP contribution in [-0.2, 0) is 40.8 Å². The van der Waals surface area contributed by atoms with Gasteiger partial charge in [-0.2, -0.15) is 0 Å². The van der Waals surface area contributed by atoms with Gasteiger partial charge in [0.2, 0.25) is 0 Å². The maximum Gasteiger partial charge on any atom is 2.00 e. The fourth-order valence-electron chi connectivity index (χ4n) is 1.24. The molecule has 118 valence electrons. The number of benzene rings is 2. The fourth-order valence-corrected chi connectivity index (χ4v) is 2.17. The quantitative estimate of drug-likeness (QED) is 0.325. The Balaban J connectivity index is 0.000000385. The van der Waals surface area contributed by atoms with Crippen molar-refractivity contribution in [2.45, 2.75) is 0 Å². The monoisotopic (exact) mass is 428 g/mol. The topological polar surface area (TPSA) is 40.5 Å². The number of phenols is 2. The zero-order valence-corrected chi connectivity index (χ0v) is 15.9. The van der Waals surface area contributed by atoms with Gasteiger partial charge in [0.25, 0.3) is 0 Å². The van der Waals surface area contributed by atoms with Gasteiger partial charge in [0.15, 0.2) is 0 Å². The minimum atomic E-state index is 0. The molecule has 0 saturated carbocycles. The third-order valence-corrected chi connectivity index (χ3v) is 4.44. The largest absolute Gasteiger partial charge is 2.00 e. The molecule has 0 aromatic heterocycles. The number of phenolic OH excluding ortho intramolecular Hbond substituents is 2. The normalized spacial score (nSPS) is 8.95. The molecule has 0 unspecified atom stereocenters. The number of rotatable bonds is 2. The molecule has 0 radical (unpaired) electrons. The van der Waals surface area contributed by atoms with Crippen LogP contribution in [0.5, 0.6) is 11.5 Å².